The molecule has 4 aliphatic carbocycles. The van der Waals surface area contributed by atoms with E-state index in [9.17, 15) is 9.59 Å². The standard InChI is InChI=1S/C42H45F2N7O3/c1-21(2)35(50-40(53)54-3)39(52)51-20-41(12-13-41)18-34(51)37-45-19-33(49-37)24-6-10-28-27-9-5-22(15-29(27)42(43,44)30(28)16-24)23-7-11-31-32(17-23)48-38(47-31)36-25-4-8-26(14-25)46-36/h5-7,9-10,15-17,19,21,25-26,31,34-36,46H,4,8,11-14,18,20H2,1-3H3,(H,45,49)(H,47,48)(H,50,53)/t25-,26?,31?,34-,35-,36?/m0/s1. The van der Waals surface area contributed by atoms with Gasteiger partial charge in [0.2, 0.25) is 5.91 Å². The number of nitrogens with zero attached hydrogens (tertiary/aromatic N) is 3. The van der Waals surface area contributed by atoms with E-state index in [4.69, 9.17) is 14.7 Å². The van der Waals surface area contributed by atoms with Gasteiger partial charge in [-0.25, -0.2) is 9.78 Å². The first-order valence-electron chi connectivity index (χ1n) is 19.4. The number of halogens is 2. The van der Waals surface area contributed by atoms with E-state index in [1.807, 2.05) is 36.9 Å². The summed E-state index contributed by atoms with van der Waals surface area (Å²) < 4.78 is 37.7. The number of benzene rings is 2. The molecule has 2 aromatic carbocycles. The minimum absolute atomic E-state index is 0.0106. The van der Waals surface area contributed by atoms with Crippen molar-refractivity contribution >= 4 is 23.4 Å². The molecule has 1 aromatic heterocycles. The Morgan fingerprint density at radius 2 is 1.81 bits per heavy atom. The molecule has 2 bridgehead atoms. The van der Waals surface area contributed by atoms with E-state index >= 15 is 8.78 Å². The van der Waals surface area contributed by atoms with Crippen LogP contribution >= 0.6 is 0 Å². The largest absolute Gasteiger partial charge is 0.453 e. The minimum Gasteiger partial charge on any atom is -0.453 e. The van der Waals surface area contributed by atoms with Gasteiger partial charge in [-0.2, -0.15) is 8.78 Å². The van der Waals surface area contributed by atoms with E-state index < -0.39 is 18.1 Å². The van der Waals surface area contributed by atoms with Crippen molar-refractivity contribution in [1.29, 1.82) is 0 Å². The number of ether oxygens (including phenoxy) is 1. The first-order chi connectivity index (χ1) is 26.0. The number of fused-ring (bicyclic) bond motifs is 6. The summed E-state index contributed by atoms with van der Waals surface area (Å²) in [6.45, 7) is 4.36. The molecule has 6 atom stereocenters. The van der Waals surface area contributed by atoms with Crippen LogP contribution in [-0.2, 0) is 15.5 Å². The van der Waals surface area contributed by atoms with Crippen LogP contribution in [-0.4, -0.2) is 70.5 Å². The van der Waals surface area contributed by atoms with Crippen molar-refractivity contribution in [2.75, 3.05) is 13.7 Å². The molecule has 4 N–H and O–H groups in total. The molecule has 280 valence electrons. The summed E-state index contributed by atoms with van der Waals surface area (Å²) in [6, 6.07) is 10.5. The van der Waals surface area contributed by atoms with Gasteiger partial charge < -0.3 is 30.6 Å². The lowest BCUT2D eigenvalue weighted by molar-refractivity contribution is -0.135. The SMILES string of the molecule is COC(=O)N[C@H](C(=O)N1CC2(CC2)C[C@H]1c1ncc(-c2ccc3c(c2)C(F)(F)c2cc(C4=CCC5N=C(C6NC7CC[C@H]6C7)NC5=C4)ccc2-3)[nH]1)C(C)C. The number of aliphatic imine (C=N–C) groups is 1. The van der Waals surface area contributed by atoms with E-state index in [1.54, 1.807) is 24.4 Å². The van der Waals surface area contributed by atoms with Crippen LogP contribution in [0.5, 0.6) is 0 Å². The first-order valence-corrected chi connectivity index (χ1v) is 19.4. The molecule has 3 unspecified atom stereocenters. The number of carbonyl (C=O) groups is 2. The topological polar surface area (TPSA) is 124 Å². The summed E-state index contributed by atoms with van der Waals surface area (Å²) in [5.74, 6) is -1.25. The molecule has 2 amide bonds. The lowest BCUT2D eigenvalue weighted by Gasteiger charge is -2.30. The van der Waals surface area contributed by atoms with Gasteiger partial charge in [-0.1, -0.05) is 44.2 Å². The zero-order valence-corrected chi connectivity index (χ0v) is 30.7. The minimum atomic E-state index is -3.19. The number of rotatable bonds is 7. The molecule has 3 aromatic rings. The summed E-state index contributed by atoms with van der Waals surface area (Å²) in [5.41, 5.74) is 5.04. The van der Waals surface area contributed by atoms with E-state index in [1.165, 1.54) is 26.4 Å². The predicted octanol–water partition coefficient (Wildman–Crippen LogP) is 6.81. The number of hydrogen-bond acceptors (Lipinski definition) is 7. The second kappa shape index (κ2) is 12.1. The van der Waals surface area contributed by atoms with Crippen LogP contribution < -0.4 is 16.0 Å². The Labute approximate surface area is 312 Å². The highest BCUT2D eigenvalue weighted by molar-refractivity contribution is 5.94. The van der Waals surface area contributed by atoms with Crippen LogP contribution in [0.1, 0.15) is 87.3 Å². The molecule has 0 radical (unpaired) electrons. The number of amides is 2. The zero-order valence-electron chi connectivity index (χ0n) is 30.7. The lowest BCUT2D eigenvalue weighted by atomic mass is 9.92. The Balaban J connectivity index is 0.886. The van der Waals surface area contributed by atoms with E-state index in [2.05, 4.69) is 33.1 Å². The van der Waals surface area contributed by atoms with E-state index in [0.717, 1.165) is 48.4 Å². The van der Waals surface area contributed by atoms with Crippen molar-refractivity contribution in [2.24, 2.45) is 22.2 Å². The van der Waals surface area contributed by atoms with Crippen LogP contribution in [0.3, 0.4) is 0 Å². The fourth-order valence-corrected chi connectivity index (χ4v) is 9.97. The number of aromatic nitrogens is 2. The number of hydrogen-bond donors (Lipinski definition) is 4. The van der Waals surface area contributed by atoms with Crippen molar-refractivity contribution in [2.45, 2.75) is 94.9 Å². The summed E-state index contributed by atoms with van der Waals surface area (Å²) in [5, 5.41) is 10.0. The third kappa shape index (κ3) is 5.34. The number of imidazole rings is 1. The van der Waals surface area contributed by atoms with Crippen LogP contribution in [0.2, 0.25) is 0 Å². The summed E-state index contributed by atoms with van der Waals surface area (Å²) in [6.07, 6.45) is 12.5. The number of likely N-dealkylation sites (tertiary alicyclic amines) is 1. The average Bonchev–Trinajstić information content (AvgIpc) is 3.83. The maximum atomic E-state index is 16.4. The van der Waals surface area contributed by atoms with Gasteiger partial charge in [-0.05, 0) is 103 Å². The van der Waals surface area contributed by atoms with Gasteiger partial charge in [0.05, 0.1) is 37.1 Å². The highest BCUT2D eigenvalue weighted by atomic mass is 19.3. The summed E-state index contributed by atoms with van der Waals surface area (Å²) >= 11 is 0. The molecular formula is C42H45F2N7O3. The highest BCUT2D eigenvalue weighted by Crippen LogP contribution is 2.58. The number of allylic oxidation sites excluding steroid dienone is 2. The molecule has 4 fully saturated rings. The second-order valence-corrected chi connectivity index (χ2v) is 16.9. The maximum absolute atomic E-state index is 16.4. The van der Waals surface area contributed by atoms with Gasteiger partial charge in [0.1, 0.15) is 17.7 Å². The third-order valence-corrected chi connectivity index (χ3v) is 13.2. The number of nitrogens with one attached hydrogen (secondary N) is 4. The van der Waals surface area contributed by atoms with Crippen molar-refractivity contribution in [3.63, 3.8) is 0 Å². The molecule has 12 heteroatoms. The van der Waals surface area contributed by atoms with E-state index in [-0.39, 0.29) is 46.5 Å². The summed E-state index contributed by atoms with van der Waals surface area (Å²) in [7, 11) is 1.28. The monoisotopic (exact) mass is 733 g/mol. The number of amidine groups is 1. The van der Waals surface area contributed by atoms with Gasteiger partial charge in [0.25, 0.3) is 5.92 Å². The number of piperidine rings is 1. The number of aromatic amines is 1. The van der Waals surface area contributed by atoms with Gasteiger partial charge in [-0.3, -0.25) is 9.79 Å². The number of alkyl halides is 2. The molecule has 10 rings (SSSR count). The van der Waals surface area contributed by atoms with Gasteiger partial charge in [0.15, 0.2) is 0 Å². The number of methoxy groups -OCH3 is 1. The van der Waals surface area contributed by atoms with Crippen LogP contribution in [0.25, 0.3) is 28.0 Å². The molecule has 1 spiro atoms. The van der Waals surface area contributed by atoms with Crippen molar-refractivity contribution in [1.82, 2.24) is 30.8 Å². The Kier molecular flexibility index (Phi) is 7.54. The average molecular weight is 734 g/mol. The van der Waals surface area contributed by atoms with Crippen molar-refractivity contribution in [3.8, 4) is 22.4 Å². The van der Waals surface area contributed by atoms with Gasteiger partial charge in [-0.15, -0.1) is 0 Å². The smallest absolute Gasteiger partial charge is 0.407 e. The molecule has 2 saturated carbocycles. The summed E-state index contributed by atoms with van der Waals surface area (Å²) in [4.78, 5) is 40.9. The predicted molar refractivity (Wildman–Crippen MR) is 200 cm³/mol. The molecule has 2 saturated heterocycles. The first kappa shape index (κ1) is 33.7. The van der Waals surface area contributed by atoms with Crippen molar-refractivity contribution < 1.29 is 23.1 Å². The van der Waals surface area contributed by atoms with Gasteiger partial charge in [0, 0.05) is 35.0 Å². The molecule has 4 heterocycles. The van der Waals surface area contributed by atoms with Crippen molar-refractivity contribution in [3.05, 3.63) is 83.0 Å². The maximum Gasteiger partial charge on any atom is 0.407 e. The lowest BCUT2D eigenvalue weighted by Crippen LogP contribution is -2.51. The highest BCUT2D eigenvalue weighted by Gasteiger charge is 2.55. The number of carbonyl (C=O) groups excluding carboxylic acids is 2. The Morgan fingerprint density at radius 3 is 2.50 bits per heavy atom. The Hall–Kier alpha value is -4.84. The Bertz CT molecular complexity index is 2180. The quantitative estimate of drug-likeness (QED) is 0.212. The molecule has 10 nitrogen and oxygen atoms in total. The fraction of sp³-hybridized carbons (Fsp3) is 0.476. The normalized spacial score (nSPS) is 28.2. The Morgan fingerprint density at radius 1 is 1.06 bits per heavy atom. The fourth-order valence-electron chi connectivity index (χ4n) is 9.97. The van der Waals surface area contributed by atoms with E-state index in [0.29, 0.717) is 46.7 Å². The molecular weight excluding hydrogens is 689 g/mol. The van der Waals surface area contributed by atoms with Crippen LogP contribution in [0.15, 0.2) is 65.4 Å². The number of H-pyrrole nitrogens is 1. The molecule has 7 aliphatic rings. The second-order valence-electron chi connectivity index (χ2n) is 16.9. The zero-order chi connectivity index (χ0) is 37.1. The van der Waals surface area contributed by atoms with Crippen LogP contribution in [0.4, 0.5) is 13.6 Å². The van der Waals surface area contributed by atoms with Gasteiger partial charge >= 0.3 is 6.09 Å². The third-order valence-electron chi connectivity index (χ3n) is 13.2. The van der Waals surface area contributed by atoms with Crippen LogP contribution in [0, 0.1) is 17.3 Å². The molecule has 54 heavy (non-hydrogen) atoms. The number of alkyl carbamates (subject to hydrolysis) is 1. The molecule has 3 aliphatic heterocycles.